The van der Waals surface area contributed by atoms with E-state index in [1.54, 1.807) is 12.4 Å². The zero-order valence-corrected chi connectivity index (χ0v) is 9.79. The van der Waals surface area contributed by atoms with Gasteiger partial charge in [-0.05, 0) is 28.3 Å². The lowest BCUT2D eigenvalue weighted by molar-refractivity contribution is 0.659. The molecule has 4 heteroatoms. The van der Waals surface area contributed by atoms with Crippen LogP contribution in [0.2, 0.25) is 0 Å². The molecule has 0 aromatic carbocycles. The number of nitrogens with zero attached hydrogens (tertiary/aromatic N) is 2. The molecule has 0 amide bonds. The van der Waals surface area contributed by atoms with Crippen molar-refractivity contribution in [1.29, 1.82) is 0 Å². The molecule has 0 bridgehead atoms. The molecule has 76 valence electrons. The molecule has 1 atom stereocenters. The first-order valence-electron chi connectivity index (χ1n) is 4.82. The van der Waals surface area contributed by atoms with Crippen molar-refractivity contribution in [3.63, 3.8) is 0 Å². The number of hydrogen-bond donors (Lipinski definition) is 1. The van der Waals surface area contributed by atoms with Crippen LogP contribution in [0.25, 0.3) is 0 Å². The van der Waals surface area contributed by atoms with Gasteiger partial charge < -0.3 is 10.6 Å². The van der Waals surface area contributed by atoms with Crippen molar-refractivity contribution in [3.05, 3.63) is 16.9 Å². The van der Waals surface area contributed by atoms with Gasteiger partial charge in [-0.3, -0.25) is 4.98 Å². The zero-order valence-electron chi connectivity index (χ0n) is 8.20. The van der Waals surface area contributed by atoms with Crippen LogP contribution in [0.3, 0.4) is 0 Å². The standard InChI is InChI=1S/C10H14BrN3/c1-7-2-3-14(6-7)10-8(11)4-13-5-9(10)12/h4-5,7H,2-3,6,12H2,1H3. The molecule has 0 aliphatic carbocycles. The summed E-state index contributed by atoms with van der Waals surface area (Å²) in [6.07, 6.45) is 4.76. The van der Waals surface area contributed by atoms with E-state index in [1.807, 2.05) is 0 Å². The van der Waals surface area contributed by atoms with Gasteiger partial charge in [0.05, 0.1) is 22.0 Å². The van der Waals surface area contributed by atoms with Crippen LogP contribution in [0.1, 0.15) is 13.3 Å². The highest BCUT2D eigenvalue weighted by molar-refractivity contribution is 9.10. The molecule has 0 spiro atoms. The van der Waals surface area contributed by atoms with Crippen molar-refractivity contribution < 1.29 is 0 Å². The average Bonchev–Trinajstić information content (AvgIpc) is 2.51. The Morgan fingerprint density at radius 1 is 1.57 bits per heavy atom. The molecule has 2 rings (SSSR count). The predicted molar refractivity (Wildman–Crippen MR) is 62.3 cm³/mol. The van der Waals surface area contributed by atoms with Crippen molar-refractivity contribution >= 4 is 27.3 Å². The monoisotopic (exact) mass is 255 g/mol. The van der Waals surface area contributed by atoms with Crippen LogP contribution < -0.4 is 10.6 Å². The number of hydrogen-bond acceptors (Lipinski definition) is 3. The van der Waals surface area contributed by atoms with Gasteiger partial charge in [-0.2, -0.15) is 0 Å². The largest absolute Gasteiger partial charge is 0.396 e. The molecular weight excluding hydrogens is 242 g/mol. The summed E-state index contributed by atoms with van der Waals surface area (Å²) in [7, 11) is 0. The quantitative estimate of drug-likeness (QED) is 0.838. The van der Waals surface area contributed by atoms with Crippen LogP contribution in [-0.4, -0.2) is 18.1 Å². The minimum absolute atomic E-state index is 0.758. The Bertz CT molecular complexity index is 320. The van der Waals surface area contributed by atoms with E-state index in [0.717, 1.165) is 34.9 Å². The molecular formula is C10H14BrN3. The fourth-order valence-electron chi connectivity index (χ4n) is 1.91. The number of halogens is 1. The van der Waals surface area contributed by atoms with Gasteiger partial charge in [-0.15, -0.1) is 0 Å². The Morgan fingerprint density at radius 2 is 2.36 bits per heavy atom. The Morgan fingerprint density at radius 3 is 2.93 bits per heavy atom. The Kier molecular flexibility index (Phi) is 2.63. The third kappa shape index (κ3) is 1.71. The molecule has 2 N–H and O–H groups in total. The van der Waals surface area contributed by atoms with Crippen LogP contribution in [0.5, 0.6) is 0 Å². The lowest BCUT2D eigenvalue weighted by atomic mass is 10.2. The Hall–Kier alpha value is -0.770. The first kappa shape index (κ1) is 9.77. The lowest BCUT2D eigenvalue weighted by Gasteiger charge is -2.21. The maximum absolute atomic E-state index is 5.91. The lowest BCUT2D eigenvalue weighted by Crippen LogP contribution is -2.20. The highest BCUT2D eigenvalue weighted by atomic mass is 79.9. The number of rotatable bonds is 1. The number of aromatic nitrogens is 1. The summed E-state index contributed by atoms with van der Waals surface area (Å²) in [5, 5.41) is 0. The van der Waals surface area contributed by atoms with E-state index in [-0.39, 0.29) is 0 Å². The second kappa shape index (κ2) is 3.77. The number of anilines is 2. The molecule has 1 aliphatic heterocycles. The van der Waals surface area contributed by atoms with Gasteiger partial charge >= 0.3 is 0 Å². The molecule has 1 aromatic rings. The number of pyridine rings is 1. The number of nitrogen functional groups attached to an aromatic ring is 1. The highest BCUT2D eigenvalue weighted by Gasteiger charge is 2.22. The fourth-order valence-corrected chi connectivity index (χ4v) is 2.51. The fraction of sp³-hybridized carbons (Fsp3) is 0.500. The van der Waals surface area contributed by atoms with Crippen LogP contribution >= 0.6 is 15.9 Å². The average molecular weight is 256 g/mol. The van der Waals surface area contributed by atoms with Crippen LogP contribution in [0.15, 0.2) is 16.9 Å². The van der Waals surface area contributed by atoms with Gasteiger partial charge in [0.1, 0.15) is 0 Å². The summed E-state index contributed by atoms with van der Waals surface area (Å²) in [4.78, 5) is 6.36. The minimum atomic E-state index is 0.758. The molecule has 1 aromatic heterocycles. The van der Waals surface area contributed by atoms with Crippen LogP contribution in [0, 0.1) is 5.92 Å². The minimum Gasteiger partial charge on any atom is -0.396 e. The van der Waals surface area contributed by atoms with Crippen molar-refractivity contribution in [1.82, 2.24) is 4.98 Å². The zero-order chi connectivity index (χ0) is 10.1. The van der Waals surface area contributed by atoms with Crippen LogP contribution in [-0.2, 0) is 0 Å². The van der Waals surface area contributed by atoms with Gasteiger partial charge in [0.25, 0.3) is 0 Å². The van der Waals surface area contributed by atoms with Crippen molar-refractivity contribution in [2.45, 2.75) is 13.3 Å². The molecule has 1 saturated heterocycles. The molecule has 1 fully saturated rings. The molecule has 14 heavy (non-hydrogen) atoms. The summed E-state index contributed by atoms with van der Waals surface area (Å²) in [5.41, 5.74) is 7.77. The van der Waals surface area contributed by atoms with Gasteiger partial charge in [0, 0.05) is 19.3 Å². The van der Waals surface area contributed by atoms with E-state index < -0.39 is 0 Å². The topological polar surface area (TPSA) is 42.1 Å². The van der Waals surface area contributed by atoms with Crippen molar-refractivity contribution in [3.8, 4) is 0 Å². The third-order valence-electron chi connectivity index (χ3n) is 2.64. The predicted octanol–water partition coefficient (Wildman–Crippen LogP) is 2.27. The van der Waals surface area contributed by atoms with E-state index in [0.29, 0.717) is 0 Å². The van der Waals surface area contributed by atoms with Gasteiger partial charge in [-0.1, -0.05) is 6.92 Å². The SMILES string of the molecule is CC1CCN(c2c(N)cncc2Br)C1. The molecule has 3 nitrogen and oxygen atoms in total. The van der Waals surface area contributed by atoms with Crippen molar-refractivity contribution in [2.24, 2.45) is 5.92 Å². The second-order valence-electron chi connectivity index (χ2n) is 3.90. The molecule has 2 heterocycles. The maximum atomic E-state index is 5.91. The second-order valence-corrected chi connectivity index (χ2v) is 4.75. The Balaban J connectivity index is 2.31. The van der Waals surface area contributed by atoms with Crippen molar-refractivity contribution in [2.75, 3.05) is 23.7 Å². The van der Waals surface area contributed by atoms with E-state index in [9.17, 15) is 0 Å². The van der Waals surface area contributed by atoms with Gasteiger partial charge in [0.2, 0.25) is 0 Å². The van der Waals surface area contributed by atoms with Crippen LogP contribution in [0.4, 0.5) is 11.4 Å². The summed E-state index contributed by atoms with van der Waals surface area (Å²) >= 11 is 3.49. The van der Waals surface area contributed by atoms with E-state index in [1.165, 1.54) is 6.42 Å². The molecule has 0 saturated carbocycles. The summed E-state index contributed by atoms with van der Waals surface area (Å²) in [5.74, 6) is 0.759. The first-order valence-corrected chi connectivity index (χ1v) is 5.61. The van der Waals surface area contributed by atoms with E-state index in [2.05, 4.69) is 32.7 Å². The highest BCUT2D eigenvalue weighted by Crippen LogP contribution is 2.34. The molecule has 1 aliphatic rings. The Labute approximate surface area is 92.4 Å². The summed E-state index contributed by atoms with van der Waals surface area (Å²) in [6.45, 7) is 4.45. The van der Waals surface area contributed by atoms with E-state index >= 15 is 0 Å². The third-order valence-corrected chi connectivity index (χ3v) is 3.22. The summed E-state index contributed by atoms with van der Waals surface area (Å²) in [6, 6.07) is 0. The van der Waals surface area contributed by atoms with Gasteiger partial charge in [0.15, 0.2) is 0 Å². The van der Waals surface area contributed by atoms with Gasteiger partial charge in [-0.25, -0.2) is 0 Å². The number of nitrogens with two attached hydrogens (primary N) is 1. The first-order chi connectivity index (χ1) is 6.68. The normalized spacial score (nSPS) is 21.6. The maximum Gasteiger partial charge on any atom is 0.0776 e. The van der Waals surface area contributed by atoms with E-state index in [4.69, 9.17) is 5.73 Å². The molecule has 0 radical (unpaired) electrons. The molecule has 1 unspecified atom stereocenters. The summed E-state index contributed by atoms with van der Waals surface area (Å²) < 4.78 is 0.992. The smallest absolute Gasteiger partial charge is 0.0776 e.